The van der Waals surface area contributed by atoms with Crippen molar-refractivity contribution in [3.05, 3.63) is 35.4 Å². The molecule has 2 heterocycles. The van der Waals surface area contributed by atoms with E-state index in [0.717, 1.165) is 17.9 Å². The number of aryl methyl sites for hydroxylation is 1. The molecule has 0 amide bonds. The second-order valence-electron chi connectivity index (χ2n) is 4.67. The average molecular weight is 232 g/mol. The summed E-state index contributed by atoms with van der Waals surface area (Å²) in [6.45, 7) is 6.16. The quantitative estimate of drug-likeness (QED) is 0.884. The predicted molar refractivity (Wildman–Crippen MR) is 65.4 cm³/mol. The smallest absolute Gasteiger partial charge is 0.356 e. The summed E-state index contributed by atoms with van der Waals surface area (Å²) in [7, 11) is 0. The van der Waals surface area contributed by atoms with Gasteiger partial charge in [0.15, 0.2) is 5.69 Å². The van der Waals surface area contributed by atoms with Crippen LogP contribution in [-0.2, 0) is 6.42 Å². The van der Waals surface area contributed by atoms with Crippen molar-refractivity contribution in [2.75, 3.05) is 0 Å². The minimum Gasteiger partial charge on any atom is -0.476 e. The largest absolute Gasteiger partial charge is 0.476 e. The molecule has 0 aliphatic heterocycles. The lowest BCUT2D eigenvalue weighted by Crippen LogP contribution is -2.02. The number of hydrogen-bond donors (Lipinski definition) is 1. The van der Waals surface area contributed by atoms with Crippen LogP contribution in [0.2, 0.25) is 0 Å². The van der Waals surface area contributed by atoms with Gasteiger partial charge in [-0.2, -0.15) is 0 Å². The van der Waals surface area contributed by atoms with Gasteiger partial charge in [0, 0.05) is 12.1 Å². The van der Waals surface area contributed by atoms with E-state index in [1.54, 1.807) is 6.07 Å². The molecule has 2 aromatic rings. The summed E-state index contributed by atoms with van der Waals surface area (Å²) in [5, 5.41) is 9.15. The number of aromatic carboxylic acids is 1. The number of nitrogens with zero attached hydrogens (tertiary/aromatic N) is 2. The molecule has 1 N–H and O–H groups in total. The Labute approximate surface area is 99.9 Å². The Bertz CT molecular complexity index is 570. The van der Waals surface area contributed by atoms with Crippen LogP contribution in [0.1, 0.15) is 35.9 Å². The molecule has 0 saturated heterocycles. The molecule has 2 rings (SSSR count). The van der Waals surface area contributed by atoms with Gasteiger partial charge in [-0.3, -0.25) is 0 Å². The number of aromatic nitrogens is 2. The third-order valence-electron chi connectivity index (χ3n) is 2.72. The summed E-state index contributed by atoms with van der Waals surface area (Å²) in [5.41, 5.74) is 1.83. The van der Waals surface area contributed by atoms with Gasteiger partial charge in [-0.1, -0.05) is 19.9 Å². The first-order chi connectivity index (χ1) is 8.00. The van der Waals surface area contributed by atoms with Gasteiger partial charge >= 0.3 is 5.97 Å². The molecular weight excluding hydrogens is 216 g/mol. The second-order valence-corrected chi connectivity index (χ2v) is 4.67. The molecule has 0 bridgehead atoms. The number of carboxylic acid groups (broad SMARTS) is 1. The minimum absolute atomic E-state index is 0.143. The van der Waals surface area contributed by atoms with E-state index < -0.39 is 5.97 Å². The van der Waals surface area contributed by atoms with E-state index in [1.807, 2.05) is 23.5 Å². The molecule has 0 saturated carbocycles. The van der Waals surface area contributed by atoms with Crippen molar-refractivity contribution in [1.29, 1.82) is 0 Å². The highest BCUT2D eigenvalue weighted by Crippen LogP contribution is 2.18. The molecule has 0 unspecified atom stereocenters. The summed E-state index contributed by atoms with van der Waals surface area (Å²) >= 11 is 0. The van der Waals surface area contributed by atoms with Crippen LogP contribution in [0.4, 0.5) is 0 Å². The van der Waals surface area contributed by atoms with Crippen LogP contribution in [-0.4, -0.2) is 20.5 Å². The minimum atomic E-state index is -0.969. The van der Waals surface area contributed by atoms with Crippen LogP contribution in [0.3, 0.4) is 0 Å². The van der Waals surface area contributed by atoms with Crippen molar-refractivity contribution in [1.82, 2.24) is 9.38 Å². The third kappa shape index (κ3) is 2.02. The monoisotopic (exact) mass is 232 g/mol. The van der Waals surface area contributed by atoms with Gasteiger partial charge in [-0.25, -0.2) is 9.78 Å². The van der Waals surface area contributed by atoms with E-state index in [-0.39, 0.29) is 5.69 Å². The molecule has 0 atom stereocenters. The Morgan fingerprint density at radius 3 is 2.76 bits per heavy atom. The molecule has 0 radical (unpaired) electrons. The normalized spacial score (nSPS) is 11.3. The molecule has 90 valence electrons. The Morgan fingerprint density at radius 1 is 1.47 bits per heavy atom. The molecule has 0 fully saturated rings. The highest BCUT2D eigenvalue weighted by atomic mass is 16.4. The van der Waals surface area contributed by atoms with Gasteiger partial charge in [-0.05, 0) is 25.0 Å². The molecule has 0 aliphatic carbocycles. The maximum Gasteiger partial charge on any atom is 0.356 e. The van der Waals surface area contributed by atoms with E-state index in [0.29, 0.717) is 11.4 Å². The van der Waals surface area contributed by atoms with Crippen molar-refractivity contribution >= 4 is 11.5 Å². The summed E-state index contributed by atoms with van der Waals surface area (Å²) in [4.78, 5) is 15.4. The van der Waals surface area contributed by atoms with Gasteiger partial charge in [0.05, 0.1) is 5.52 Å². The summed E-state index contributed by atoms with van der Waals surface area (Å²) in [5.74, 6) is 0.301. The first kappa shape index (κ1) is 11.6. The van der Waals surface area contributed by atoms with Gasteiger partial charge in [0.1, 0.15) is 5.82 Å². The van der Waals surface area contributed by atoms with Crippen molar-refractivity contribution in [3.63, 3.8) is 0 Å². The number of fused-ring (bicyclic) bond motifs is 1. The van der Waals surface area contributed by atoms with Crippen LogP contribution >= 0.6 is 0 Å². The summed E-state index contributed by atoms with van der Waals surface area (Å²) in [6.07, 6.45) is 0.777. The number of rotatable bonds is 3. The highest BCUT2D eigenvalue weighted by molar-refractivity contribution is 5.93. The number of pyridine rings is 1. The van der Waals surface area contributed by atoms with E-state index in [4.69, 9.17) is 5.11 Å². The first-order valence-corrected chi connectivity index (χ1v) is 5.71. The SMILES string of the molecule is Cc1cccc2c(C(=O)O)nc(CC(C)C)n12. The fourth-order valence-corrected chi connectivity index (χ4v) is 2.04. The van der Waals surface area contributed by atoms with E-state index in [9.17, 15) is 4.79 Å². The van der Waals surface area contributed by atoms with Gasteiger partial charge < -0.3 is 9.51 Å². The zero-order valence-electron chi connectivity index (χ0n) is 10.3. The lowest BCUT2D eigenvalue weighted by atomic mass is 10.1. The van der Waals surface area contributed by atoms with Gasteiger partial charge in [-0.15, -0.1) is 0 Å². The van der Waals surface area contributed by atoms with E-state index >= 15 is 0 Å². The zero-order chi connectivity index (χ0) is 12.6. The number of carboxylic acids is 1. The Balaban J connectivity index is 2.71. The van der Waals surface area contributed by atoms with Crippen molar-refractivity contribution in [2.24, 2.45) is 5.92 Å². The Hall–Kier alpha value is -1.84. The summed E-state index contributed by atoms with van der Waals surface area (Å²) < 4.78 is 1.93. The molecule has 0 aromatic carbocycles. The summed E-state index contributed by atoms with van der Waals surface area (Å²) in [6, 6.07) is 5.62. The van der Waals surface area contributed by atoms with E-state index in [2.05, 4.69) is 18.8 Å². The topological polar surface area (TPSA) is 54.6 Å². The van der Waals surface area contributed by atoms with Crippen LogP contribution in [0.15, 0.2) is 18.2 Å². The van der Waals surface area contributed by atoms with Crippen LogP contribution in [0.25, 0.3) is 5.52 Å². The average Bonchev–Trinajstić information content (AvgIpc) is 2.57. The second kappa shape index (κ2) is 4.20. The van der Waals surface area contributed by atoms with Gasteiger partial charge in [0.25, 0.3) is 0 Å². The maximum atomic E-state index is 11.1. The van der Waals surface area contributed by atoms with Crippen molar-refractivity contribution in [2.45, 2.75) is 27.2 Å². The van der Waals surface area contributed by atoms with Crippen LogP contribution < -0.4 is 0 Å². The Morgan fingerprint density at radius 2 is 2.18 bits per heavy atom. The molecule has 0 spiro atoms. The number of hydrogen-bond acceptors (Lipinski definition) is 2. The first-order valence-electron chi connectivity index (χ1n) is 5.71. The van der Waals surface area contributed by atoms with Gasteiger partial charge in [0.2, 0.25) is 0 Å². The van der Waals surface area contributed by atoms with Crippen LogP contribution in [0.5, 0.6) is 0 Å². The van der Waals surface area contributed by atoms with Crippen molar-refractivity contribution < 1.29 is 9.90 Å². The highest BCUT2D eigenvalue weighted by Gasteiger charge is 2.17. The van der Waals surface area contributed by atoms with Crippen molar-refractivity contribution in [3.8, 4) is 0 Å². The Kier molecular flexibility index (Phi) is 2.88. The van der Waals surface area contributed by atoms with E-state index in [1.165, 1.54) is 0 Å². The van der Waals surface area contributed by atoms with Crippen LogP contribution in [0, 0.1) is 12.8 Å². The maximum absolute atomic E-state index is 11.1. The number of carbonyl (C=O) groups is 1. The zero-order valence-corrected chi connectivity index (χ0v) is 10.3. The third-order valence-corrected chi connectivity index (χ3v) is 2.72. The lowest BCUT2D eigenvalue weighted by molar-refractivity contribution is 0.0693. The standard InChI is InChI=1S/C13H16N2O2/c1-8(2)7-11-14-12(13(16)17)10-6-4-5-9(3)15(10)11/h4-6,8H,7H2,1-3H3,(H,16,17). The molecular formula is C13H16N2O2. The molecule has 4 heteroatoms. The number of imidazole rings is 1. The lowest BCUT2D eigenvalue weighted by Gasteiger charge is -2.06. The fourth-order valence-electron chi connectivity index (χ4n) is 2.04. The fraction of sp³-hybridized carbons (Fsp3) is 0.385. The molecule has 4 nitrogen and oxygen atoms in total. The molecule has 0 aliphatic rings. The molecule has 17 heavy (non-hydrogen) atoms. The molecule has 2 aromatic heterocycles. The predicted octanol–water partition coefficient (Wildman–Crippen LogP) is 2.54.